The van der Waals surface area contributed by atoms with Crippen molar-refractivity contribution in [2.45, 2.75) is 52.1 Å². The summed E-state index contributed by atoms with van der Waals surface area (Å²) in [5.74, 6) is 1.23. The maximum absolute atomic E-state index is 13.3. The first-order valence-electron chi connectivity index (χ1n) is 11.5. The smallest absolute Gasteiger partial charge is 0.322 e. The normalized spacial score (nSPS) is 11.9. The van der Waals surface area contributed by atoms with Gasteiger partial charge in [0.1, 0.15) is 5.65 Å². The van der Waals surface area contributed by atoms with Gasteiger partial charge in [-0.25, -0.2) is 9.78 Å². The molecule has 33 heavy (non-hydrogen) atoms. The number of aromatic nitrogens is 2. The van der Waals surface area contributed by atoms with Crippen LogP contribution >= 0.6 is 0 Å². The number of nitrogens with one attached hydrogen (secondary N) is 2. The molecule has 2 aromatic heterocycles. The zero-order chi connectivity index (χ0) is 23.6. The van der Waals surface area contributed by atoms with Crippen LogP contribution < -0.4 is 14.8 Å². The quantitative estimate of drug-likeness (QED) is 0.337. The molecule has 8 nitrogen and oxygen atoms in total. The highest BCUT2D eigenvalue weighted by molar-refractivity contribution is 5.90. The first-order valence-corrected chi connectivity index (χ1v) is 11.5. The predicted octanol–water partition coefficient (Wildman–Crippen LogP) is 4.95. The van der Waals surface area contributed by atoms with Crippen LogP contribution in [0.15, 0.2) is 42.7 Å². The van der Waals surface area contributed by atoms with E-state index in [9.17, 15) is 9.90 Å². The number of anilines is 1. The number of aromatic amines is 1. The molecule has 3 aromatic rings. The van der Waals surface area contributed by atoms with Gasteiger partial charge in [-0.05, 0) is 49.6 Å². The van der Waals surface area contributed by atoms with Crippen LogP contribution in [0.1, 0.15) is 45.1 Å². The molecule has 2 amide bonds. The monoisotopic (exact) mass is 454 g/mol. The zero-order valence-corrected chi connectivity index (χ0v) is 19.6. The Morgan fingerprint density at radius 3 is 2.85 bits per heavy atom. The molecular weight excluding hydrogens is 420 g/mol. The maximum Gasteiger partial charge on any atom is 0.322 e. The fraction of sp³-hybridized carbons (Fsp3) is 0.440. The molecule has 0 saturated carbocycles. The minimum absolute atomic E-state index is 0.000852. The van der Waals surface area contributed by atoms with Gasteiger partial charge >= 0.3 is 6.03 Å². The van der Waals surface area contributed by atoms with Crippen LogP contribution in [0.25, 0.3) is 11.0 Å². The van der Waals surface area contributed by atoms with Gasteiger partial charge in [0.05, 0.1) is 13.7 Å². The second-order valence-corrected chi connectivity index (χ2v) is 8.05. The fourth-order valence-corrected chi connectivity index (χ4v) is 3.71. The lowest BCUT2D eigenvalue weighted by Gasteiger charge is -2.29. The van der Waals surface area contributed by atoms with Crippen molar-refractivity contribution < 1.29 is 19.4 Å². The summed E-state index contributed by atoms with van der Waals surface area (Å²) in [5, 5.41) is 13.4. The van der Waals surface area contributed by atoms with Crippen molar-refractivity contribution >= 4 is 22.8 Å². The summed E-state index contributed by atoms with van der Waals surface area (Å²) in [4.78, 5) is 22.5. The van der Waals surface area contributed by atoms with Crippen LogP contribution in [-0.4, -0.2) is 52.4 Å². The van der Waals surface area contributed by atoms with Gasteiger partial charge in [0.25, 0.3) is 0 Å². The van der Waals surface area contributed by atoms with Crippen LogP contribution in [0.2, 0.25) is 0 Å². The number of carbonyl (C=O) groups is 1. The number of rotatable bonds is 12. The number of nitrogens with zero attached hydrogens (tertiary/aromatic N) is 2. The summed E-state index contributed by atoms with van der Waals surface area (Å²) in [5.41, 5.74) is 2.38. The highest BCUT2D eigenvalue weighted by Gasteiger charge is 2.22. The van der Waals surface area contributed by atoms with E-state index in [2.05, 4.69) is 22.2 Å². The molecule has 0 aliphatic heterocycles. The third-order valence-electron chi connectivity index (χ3n) is 5.65. The first kappa shape index (κ1) is 24.4. The van der Waals surface area contributed by atoms with Crippen LogP contribution in [0.3, 0.4) is 0 Å². The molecule has 0 unspecified atom stereocenters. The maximum atomic E-state index is 13.3. The zero-order valence-electron chi connectivity index (χ0n) is 19.6. The highest BCUT2D eigenvalue weighted by Crippen LogP contribution is 2.31. The summed E-state index contributed by atoms with van der Waals surface area (Å²) >= 11 is 0. The molecule has 2 heterocycles. The number of methoxy groups -OCH3 is 1. The van der Waals surface area contributed by atoms with Gasteiger partial charge in [0.15, 0.2) is 11.5 Å². The van der Waals surface area contributed by atoms with Crippen molar-refractivity contribution in [3.8, 4) is 11.5 Å². The van der Waals surface area contributed by atoms with E-state index in [0.29, 0.717) is 36.8 Å². The Bertz CT molecular complexity index is 1040. The predicted molar refractivity (Wildman–Crippen MR) is 130 cm³/mol. The number of carbonyl (C=O) groups excluding carboxylic acids is 1. The second-order valence-electron chi connectivity index (χ2n) is 8.05. The Labute approximate surface area is 194 Å². The molecule has 0 saturated heterocycles. The van der Waals surface area contributed by atoms with Crippen molar-refractivity contribution in [1.29, 1.82) is 0 Å². The van der Waals surface area contributed by atoms with E-state index in [1.807, 2.05) is 25.3 Å². The van der Waals surface area contributed by atoms with E-state index in [4.69, 9.17) is 9.47 Å². The molecule has 8 heteroatoms. The van der Waals surface area contributed by atoms with Crippen LogP contribution in [0.4, 0.5) is 10.5 Å². The lowest BCUT2D eigenvalue weighted by Crippen LogP contribution is -2.41. The lowest BCUT2D eigenvalue weighted by atomic mass is 10.1. The van der Waals surface area contributed by atoms with Crippen molar-refractivity contribution in [3.05, 3.63) is 48.3 Å². The number of aliphatic hydroxyl groups excluding tert-OH is 1. The van der Waals surface area contributed by atoms with Crippen LogP contribution in [0, 0.1) is 0 Å². The number of fused-ring (bicyclic) bond motifs is 1. The molecule has 0 fully saturated rings. The average molecular weight is 455 g/mol. The van der Waals surface area contributed by atoms with E-state index in [0.717, 1.165) is 35.9 Å². The number of amides is 2. The molecule has 0 bridgehead atoms. The van der Waals surface area contributed by atoms with E-state index >= 15 is 0 Å². The molecule has 0 aliphatic carbocycles. The second kappa shape index (κ2) is 12.1. The highest BCUT2D eigenvalue weighted by atomic mass is 16.5. The van der Waals surface area contributed by atoms with E-state index in [1.165, 1.54) is 0 Å². The summed E-state index contributed by atoms with van der Waals surface area (Å²) in [6, 6.07) is 8.82. The number of ether oxygens (including phenoxy) is 2. The Balaban J connectivity index is 1.78. The van der Waals surface area contributed by atoms with Gasteiger partial charge in [-0.15, -0.1) is 0 Å². The Morgan fingerprint density at radius 2 is 2.09 bits per heavy atom. The van der Waals surface area contributed by atoms with Gasteiger partial charge in [-0.2, -0.15) is 0 Å². The minimum Gasteiger partial charge on any atom is -0.493 e. The standard InChI is InChI=1S/C25H34N4O4/c1-4-5-6-15-33-23-16-20(7-8-22(23)32-3)28-25(31)29(18(2)11-14-30)17-19-9-12-26-24-21(19)10-13-27-24/h7-10,12-13,16,18,30H,4-6,11,14-15,17H2,1-3H3,(H,26,27)(H,28,31)/t18-/m0/s1. The van der Waals surface area contributed by atoms with Crippen LogP contribution in [0.5, 0.6) is 11.5 Å². The molecule has 3 N–H and O–H groups in total. The van der Waals surface area contributed by atoms with Crippen LogP contribution in [-0.2, 0) is 6.54 Å². The number of aliphatic hydroxyl groups is 1. The lowest BCUT2D eigenvalue weighted by molar-refractivity contribution is 0.170. The van der Waals surface area contributed by atoms with E-state index < -0.39 is 0 Å². The van der Waals surface area contributed by atoms with Gasteiger partial charge in [0, 0.05) is 48.7 Å². The number of urea groups is 1. The Morgan fingerprint density at radius 1 is 1.24 bits per heavy atom. The molecule has 178 valence electrons. The summed E-state index contributed by atoms with van der Waals surface area (Å²) in [7, 11) is 1.60. The number of H-pyrrole nitrogens is 1. The van der Waals surface area contributed by atoms with Gasteiger partial charge in [0.2, 0.25) is 0 Å². The number of unbranched alkanes of at least 4 members (excludes halogenated alkanes) is 2. The summed E-state index contributed by atoms with van der Waals surface area (Å²) in [6.07, 6.45) is 7.21. The van der Waals surface area contributed by atoms with Gasteiger partial charge < -0.3 is 29.8 Å². The van der Waals surface area contributed by atoms with Crippen molar-refractivity contribution in [2.24, 2.45) is 0 Å². The Hall–Kier alpha value is -3.26. The third kappa shape index (κ3) is 6.38. The number of hydrogen-bond acceptors (Lipinski definition) is 5. The molecule has 0 radical (unpaired) electrons. The number of hydrogen-bond donors (Lipinski definition) is 3. The van der Waals surface area contributed by atoms with Crippen molar-refractivity contribution in [3.63, 3.8) is 0 Å². The molecule has 1 atom stereocenters. The van der Waals surface area contributed by atoms with Crippen molar-refractivity contribution in [1.82, 2.24) is 14.9 Å². The molecule has 1 aromatic carbocycles. The van der Waals surface area contributed by atoms with E-state index in [1.54, 1.807) is 36.4 Å². The van der Waals surface area contributed by atoms with Gasteiger partial charge in [-0.3, -0.25) is 0 Å². The number of pyridine rings is 1. The van der Waals surface area contributed by atoms with E-state index in [-0.39, 0.29) is 18.7 Å². The molecule has 0 aliphatic rings. The molecule has 0 spiro atoms. The average Bonchev–Trinajstić information content (AvgIpc) is 3.30. The largest absolute Gasteiger partial charge is 0.493 e. The molecule has 3 rings (SSSR count). The Kier molecular flexibility index (Phi) is 8.95. The first-order chi connectivity index (χ1) is 16.1. The molecular formula is C25H34N4O4. The summed E-state index contributed by atoms with van der Waals surface area (Å²) in [6.45, 7) is 5.06. The topological polar surface area (TPSA) is 99.7 Å². The summed E-state index contributed by atoms with van der Waals surface area (Å²) < 4.78 is 11.3. The van der Waals surface area contributed by atoms with Gasteiger partial charge in [-0.1, -0.05) is 19.8 Å². The fourth-order valence-electron chi connectivity index (χ4n) is 3.71. The minimum atomic E-state index is -0.251. The number of benzene rings is 1. The third-order valence-corrected chi connectivity index (χ3v) is 5.65. The SMILES string of the molecule is CCCCCOc1cc(NC(=O)N(Cc2ccnc3[nH]ccc23)[C@@H](C)CCO)ccc1OC. The van der Waals surface area contributed by atoms with Crippen molar-refractivity contribution in [2.75, 3.05) is 25.6 Å².